The van der Waals surface area contributed by atoms with Crippen molar-refractivity contribution in [1.82, 2.24) is 4.98 Å². The molecule has 2 heterocycles. The summed E-state index contributed by atoms with van der Waals surface area (Å²) in [6.45, 7) is -0.391. The first-order chi connectivity index (χ1) is 14.1. The van der Waals surface area contributed by atoms with Crippen molar-refractivity contribution in [3.63, 3.8) is 0 Å². The van der Waals surface area contributed by atoms with Crippen LogP contribution in [0.15, 0.2) is 77.4 Å². The van der Waals surface area contributed by atoms with Crippen LogP contribution in [0.4, 0.5) is 5.69 Å². The summed E-state index contributed by atoms with van der Waals surface area (Å²) in [7, 11) is 0. The van der Waals surface area contributed by atoms with Crippen LogP contribution < -0.4 is 5.32 Å². The second kappa shape index (κ2) is 8.44. The van der Waals surface area contributed by atoms with Crippen LogP contribution >= 0.6 is 22.6 Å². The Hall–Kier alpha value is -3.20. The molecule has 144 valence electrons. The average molecular weight is 498 g/mol. The quantitative estimate of drug-likeness (QED) is 0.313. The second-order valence-electron chi connectivity index (χ2n) is 6.18. The fourth-order valence-corrected chi connectivity index (χ4v) is 3.19. The zero-order valence-electron chi connectivity index (χ0n) is 15.1. The van der Waals surface area contributed by atoms with E-state index in [0.29, 0.717) is 33.6 Å². The lowest BCUT2D eigenvalue weighted by Crippen LogP contribution is -2.21. The highest BCUT2D eigenvalue weighted by Gasteiger charge is 2.17. The molecule has 2 aromatic carbocycles. The molecule has 2 aromatic heterocycles. The van der Waals surface area contributed by atoms with Gasteiger partial charge in [-0.15, -0.1) is 0 Å². The minimum Gasteiger partial charge on any atom is -0.463 e. The van der Waals surface area contributed by atoms with Gasteiger partial charge in [0.05, 0.1) is 17.3 Å². The van der Waals surface area contributed by atoms with Crippen LogP contribution in [-0.4, -0.2) is 23.5 Å². The van der Waals surface area contributed by atoms with Gasteiger partial charge in [-0.1, -0.05) is 18.2 Å². The van der Waals surface area contributed by atoms with Gasteiger partial charge in [0.25, 0.3) is 5.91 Å². The van der Waals surface area contributed by atoms with Crippen molar-refractivity contribution < 1.29 is 18.7 Å². The van der Waals surface area contributed by atoms with Crippen molar-refractivity contribution in [2.75, 3.05) is 11.9 Å². The molecule has 1 N–H and O–H groups in total. The first-order valence-electron chi connectivity index (χ1n) is 8.76. The first kappa shape index (κ1) is 19.1. The Morgan fingerprint density at radius 3 is 2.59 bits per heavy atom. The molecule has 0 spiro atoms. The Morgan fingerprint density at radius 2 is 1.83 bits per heavy atom. The van der Waals surface area contributed by atoms with Crippen molar-refractivity contribution in [3.8, 4) is 11.5 Å². The number of pyridine rings is 1. The van der Waals surface area contributed by atoms with Crippen LogP contribution in [-0.2, 0) is 9.53 Å². The van der Waals surface area contributed by atoms with E-state index in [-0.39, 0.29) is 0 Å². The molecule has 0 unspecified atom stereocenters. The maximum absolute atomic E-state index is 12.7. The lowest BCUT2D eigenvalue weighted by atomic mass is 10.1. The summed E-state index contributed by atoms with van der Waals surface area (Å²) in [6.07, 6.45) is 1.54. The maximum Gasteiger partial charge on any atom is 0.339 e. The lowest BCUT2D eigenvalue weighted by Gasteiger charge is -2.10. The normalized spacial score (nSPS) is 10.7. The average Bonchev–Trinajstić information content (AvgIpc) is 3.28. The summed E-state index contributed by atoms with van der Waals surface area (Å²) < 4.78 is 11.7. The Morgan fingerprint density at radius 1 is 1.03 bits per heavy atom. The Kier molecular flexibility index (Phi) is 5.57. The van der Waals surface area contributed by atoms with Crippen LogP contribution in [0.2, 0.25) is 0 Å². The molecule has 1 amide bonds. The molecule has 0 aliphatic heterocycles. The van der Waals surface area contributed by atoms with Crippen LogP contribution in [0.1, 0.15) is 10.4 Å². The predicted octanol–water partition coefficient (Wildman–Crippen LogP) is 4.89. The van der Waals surface area contributed by atoms with Crippen molar-refractivity contribution in [2.45, 2.75) is 0 Å². The molecular weight excluding hydrogens is 483 g/mol. The number of rotatable bonds is 5. The largest absolute Gasteiger partial charge is 0.463 e. The maximum atomic E-state index is 12.7. The van der Waals surface area contributed by atoms with E-state index in [2.05, 4.69) is 32.9 Å². The summed E-state index contributed by atoms with van der Waals surface area (Å²) in [4.78, 5) is 29.4. The number of aromatic nitrogens is 1. The summed E-state index contributed by atoms with van der Waals surface area (Å²) in [5.41, 5.74) is 2.12. The molecule has 4 aromatic rings. The number of nitrogens with one attached hydrogen (secondary N) is 1. The second-order valence-corrected chi connectivity index (χ2v) is 7.43. The Balaban J connectivity index is 1.53. The molecule has 0 bridgehead atoms. The van der Waals surface area contributed by atoms with Crippen molar-refractivity contribution in [1.29, 1.82) is 0 Å². The van der Waals surface area contributed by atoms with E-state index >= 15 is 0 Å². The number of esters is 1. The van der Waals surface area contributed by atoms with Crippen LogP contribution in [0, 0.1) is 3.57 Å². The molecule has 29 heavy (non-hydrogen) atoms. The smallest absolute Gasteiger partial charge is 0.339 e. The number of carbonyl (C=O) groups is 2. The topological polar surface area (TPSA) is 81.4 Å². The van der Waals surface area contributed by atoms with E-state index in [0.717, 1.165) is 3.57 Å². The highest BCUT2D eigenvalue weighted by Crippen LogP contribution is 2.25. The van der Waals surface area contributed by atoms with Gasteiger partial charge >= 0.3 is 5.97 Å². The van der Waals surface area contributed by atoms with Gasteiger partial charge in [-0.25, -0.2) is 9.78 Å². The fourth-order valence-electron chi connectivity index (χ4n) is 2.83. The number of ether oxygens (including phenoxy) is 1. The summed E-state index contributed by atoms with van der Waals surface area (Å²) in [5.74, 6) is -0.473. The minimum absolute atomic E-state index is 0.323. The number of hydrogen-bond acceptors (Lipinski definition) is 5. The zero-order valence-corrected chi connectivity index (χ0v) is 17.3. The number of nitrogens with zero attached hydrogens (tertiary/aromatic N) is 1. The molecule has 0 saturated carbocycles. The van der Waals surface area contributed by atoms with E-state index in [1.165, 1.54) is 0 Å². The van der Waals surface area contributed by atoms with Gasteiger partial charge in [0.2, 0.25) is 0 Å². The molecule has 4 rings (SSSR count). The Labute approximate surface area is 180 Å². The molecule has 0 fully saturated rings. The van der Waals surface area contributed by atoms with Gasteiger partial charge in [-0.2, -0.15) is 0 Å². The van der Waals surface area contributed by atoms with Gasteiger partial charge < -0.3 is 14.5 Å². The number of para-hydroxylation sites is 1. The van der Waals surface area contributed by atoms with Crippen molar-refractivity contribution in [3.05, 3.63) is 82.1 Å². The predicted molar refractivity (Wildman–Crippen MR) is 118 cm³/mol. The third-order valence-electron chi connectivity index (χ3n) is 4.17. The summed E-state index contributed by atoms with van der Waals surface area (Å²) >= 11 is 2.18. The number of hydrogen-bond donors (Lipinski definition) is 1. The molecule has 0 saturated heterocycles. The van der Waals surface area contributed by atoms with Crippen LogP contribution in [0.5, 0.6) is 0 Å². The number of benzene rings is 2. The van der Waals surface area contributed by atoms with E-state index in [4.69, 9.17) is 9.15 Å². The summed E-state index contributed by atoms with van der Waals surface area (Å²) in [5, 5.41) is 3.34. The molecule has 6 nitrogen and oxygen atoms in total. The Bertz CT molecular complexity index is 1170. The number of fused-ring (bicyclic) bond motifs is 1. The highest BCUT2D eigenvalue weighted by atomic mass is 127. The fraction of sp³-hybridized carbons (Fsp3) is 0.0455. The van der Waals surface area contributed by atoms with Gasteiger partial charge in [-0.3, -0.25) is 4.79 Å². The molecule has 0 radical (unpaired) electrons. The van der Waals surface area contributed by atoms with Crippen molar-refractivity contribution >= 4 is 51.1 Å². The van der Waals surface area contributed by atoms with Gasteiger partial charge in [-0.05, 0) is 71.1 Å². The van der Waals surface area contributed by atoms with E-state index in [1.807, 2.05) is 30.3 Å². The van der Waals surface area contributed by atoms with Gasteiger partial charge in [0.15, 0.2) is 12.4 Å². The van der Waals surface area contributed by atoms with E-state index < -0.39 is 18.5 Å². The standard InChI is InChI=1S/C22H15IN2O4/c23-14-7-9-15(10-8-14)24-21(26)13-29-22(27)17-12-19(20-6-3-11-28-20)25-18-5-2-1-4-16(17)18/h1-12H,13H2,(H,24,26). The van der Waals surface area contributed by atoms with E-state index in [9.17, 15) is 9.59 Å². The SMILES string of the molecule is O=C(COC(=O)c1cc(-c2ccco2)nc2ccccc12)Nc1ccc(I)cc1. The number of furan rings is 1. The van der Waals surface area contributed by atoms with Crippen LogP contribution in [0.3, 0.4) is 0 Å². The molecule has 7 heteroatoms. The number of anilines is 1. The van der Waals surface area contributed by atoms with E-state index in [1.54, 1.807) is 42.7 Å². The number of halogens is 1. The lowest BCUT2D eigenvalue weighted by molar-refractivity contribution is -0.119. The third kappa shape index (κ3) is 4.45. The zero-order chi connectivity index (χ0) is 20.2. The molecule has 0 aliphatic rings. The molecule has 0 atom stereocenters. The van der Waals surface area contributed by atoms with Crippen molar-refractivity contribution in [2.24, 2.45) is 0 Å². The number of carbonyl (C=O) groups excluding carboxylic acids is 2. The summed E-state index contributed by atoms with van der Waals surface area (Å²) in [6, 6.07) is 19.7. The van der Waals surface area contributed by atoms with Crippen LogP contribution in [0.25, 0.3) is 22.4 Å². The van der Waals surface area contributed by atoms with Gasteiger partial charge in [0, 0.05) is 14.6 Å². The molecular formula is C22H15IN2O4. The third-order valence-corrected chi connectivity index (χ3v) is 4.89. The highest BCUT2D eigenvalue weighted by molar-refractivity contribution is 14.1. The van der Waals surface area contributed by atoms with Gasteiger partial charge in [0.1, 0.15) is 5.69 Å². The molecule has 0 aliphatic carbocycles. The first-order valence-corrected chi connectivity index (χ1v) is 9.84. The number of amides is 1. The minimum atomic E-state index is -0.603. The monoisotopic (exact) mass is 498 g/mol.